The van der Waals surface area contributed by atoms with Crippen molar-refractivity contribution in [3.05, 3.63) is 48.7 Å². The standard InChI is InChI=1S/C20H23N5O3S/c1-3-24(15-8-5-4-6-9-15)19(27)14(2)29-20-23-22-18(16-10-7-13-28-16)25(20)12-11-17(21)26/h4-10,13-14H,3,11-12H2,1-2H3,(H2,21,26). The number of para-hydroxylation sites is 1. The van der Waals surface area contributed by atoms with Gasteiger partial charge >= 0.3 is 0 Å². The molecule has 0 spiro atoms. The Balaban J connectivity index is 1.83. The SMILES string of the molecule is CCN(C(=O)C(C)Sc1nnc(-c2ccco2)n1CCC(N)=O)c1ccccc1. The van der Waals surface area contributed by atoms with E-state index >= 15 is 0 Å². The van der Waals surface area contributed by atoms with Gasteiger partial charge in [-0.05, 0) is 38.1 Å². The summed E-state index contributed by atoms with van der Waals surface area (Å²) in [6.45, 7) is 4.63. The molecule has 8 nitrogen and oxygen atoms in total. The van der Waals surface area contributed by atoms with Crippen molar-refractivity contribution in [2.24, 2.45) is 5.73 Å². The van der Waals surface area contributed by atoms with E-state index in [1.54, 1.807) is 27.9 Å². The Bertz CT molecular complexity index is 956. The van der Waals surface area contributed by atoms with Crippen LogP contribution in [0.4, 0.5) is 5.69 Å². The minimum atomic E-state index is -0.426. The fourth-order valence-electron chi connectivity index (χ4n) is 2.89. The minimum Gasteiger partial charge on any atom is -0.461 e. The van der Waals surface area contributed by atoms with Crippen molar-refractivity contribution in [3.8, 4) is 11.6 Å². The lowest BCUT2D eigenvalue weighted by Gasteiger charge is -2.24. The highest BCUT2D eigenvalue weighted by atomic mass is 32.2. The third-order valence-electron chi connectivity index (χ3n) is 4.32. The summed E-state index contributed by atoms with van der Waals surface area (Å²) in [5.41, 5.74) is 6.16. The summed E-state index contributed by atoms with van der Waals surface area (Å²) in [7, 11) is 0. The summed E-state index contributed by atoms with van der Waals surface area (Å²) in [5, 5.41) is 8.54. The molecule has 0 saturated carbocycles. The van der Waals surface area contributed by atoms with Crippen molar-refractivity contribution in [1.82, 2.24) is 14.8 Å². The molecule has 2 N–H and O–H groups in total. The second-order valence-corrected chi connectivity index (χ2v) is 7.64. The third kappa shape index (κ3) is 4.86. The zero-order valence-corrected chi connectivity index (χ0v) is 17.1. The molecule has 1 aromatic carbocycles. The monoisotopic (exact) mass is 413 g/mol. The Morgan fingerprint density at radius 2 is 1.97 bits per heavy atom. The van der Waals surface area contributed by atoms with Crippen molar-refractivity contribution >= 4 is 29.3 Å². The van der Waals surface area contributed by atoms with Crippen LogP contribution in [0, 0.1) is 0 Å². The van der Waals surface area contributed by atoms with E-state index in [-0.39, 0.29) is 12.3 Å². The van der Waals surface area contributed by atoms with E-state index in [1.807, 2.05) is 44.2 Å². The number of carbonyl (C=O) groups is 2. The average molecular weight is 414 g/mol. The molecular formula is C20H23N5O3S. The van der Waals surface area contributed by atoms with Crippen molar-refractivity contribution in [1.29, 1.82) is 0 Å². The highest BCUT2D eigenvalue weighted by molar-refractivity contribution is 8.00. The number of carbonyl (C=O) groups excluding carboxylic acids is 2. The maximum Gasteiger partial charge on any atom is 0.240 e. The molecular weight excluding hydrogens is 390 g/mol. The molecule has 0 aliphatic rings. The Morgan fingerprint density at radius 3 is 2.59 bits per heavy atom. The van der Waals surface area contributed by atoms with Gasteiger partial charge in [-0.15, -0.1) is 10.2 Å². The molecule has 1 atom stereocenters. The normalized spacial score (nSPS) is 11.9. The number of benzene rings is 1. The molecule has 152 valence electrons. The van der Waals surface area contributed by atoms with Gasteiger partial charge in [0.2, 0.25) is 11.8 Å². The Labute approximate surface area is 173 Å². The molecule has 3 aromatic rings. The van der Waals surface area contributed by atoms with Crippen LogP contribution in [0.3, 0.4) is 0 Å². The second-order valence-electron chi connectivity index (χ2n) is 6.33. The van der Waals surface area contributed by atoms with E-state index in [2.05, 4.69) is 10.2 Å². The summed E-state index contributed by atoms with van der Waals surface area (Å²) in [6.07, 6.45) is 1.67. The Hall–Kier alpha value is -3.07. The predicted octanol–water partition coefficient (Wildman–Crippen LogP) is 2.95. The zero-order valence-electron chi connectivity index (χ0n) is 16.3. The zero-order chi connectivity index (χ0) is 20.8. The van der Waals surface area contributed by atoms with E-state index in [4.69, 9.17) is 10.2 Å². The smallest absolute Gasteiger partial charge is 0.240 e. The molecule has 0 aliphatic carbocycles. The number of furan rings is 1. The quantitative estimate of drug-likeness (QED) is 0.541. The molecule has 0 aliphatic heterocycles. The molecule has 29 heavy (non-hydrogen) atoms. The summed E-state index contributed by atoms with van der Waals surface area (Å²) in [4.78, 5) is 26.1. The van der Waals surface area contributed by atoms with Crippen LogP contribution in [0.25, 0.3) is 11.6 Å². The third-order valence-corrected chi connectivity index (χ3v) is 5.39. The number of nitrogens with zero attached hydrogens (tertiary/aromatic N) is 4. The van der Waals surface area contributed by atoms with Crippen molar-refractivity contribution in [3.63, 3.8) is 0 Å². The van der Waals surface area contributed by atoms with Gasteiger partial charge in [-0.1, -0.05) is 30.0 Å². The van der Waals surface area contributed by atoms with Crippen LogP contribution in [0.5, 0.6) is 0 Å². The number of thioether (sulfide) groups is 1. The molecule has 0 fully saturated rings. The molecule has 2 heterocycles. The fraction of sp³-hybridized carbons (Fsp3) is 0.300. The van der Waals surface area contributed by atoms with Crippen LogP contribution in [-0.2, 0) is 16.1 Å². The first-order valence-corrected chi connectivity index (χ1v) is 10.2. The van der Waals surface area contributed by atoms with Crippen LogP contribution in [0.1, 0.15) is 20.3 Å². The van der Waals surface area contributed by atoms with Crippen LogP contribution >= 0.6 is 11.8 Å². The molecule has 9 heteroatoms. The van der Waals surface area contributed by atoms with Gasteiger partial charge in [0, 0.05) is 25.2 Å². The topological polar surface area (TPSA) is 107 Å². The summed E-state index contributed by atoms with van der Waals surface area (Å²) < 4.78 is 7.18. The molecule has 0 saturated heterocycles. The van der Waals surface area contributed by atoms with Gasteiger partial charge in [-0.2, -0.15) is 0 Å². The van der Waals surface area contributed by atoms with E-state index < -0.39 is 11.2 Å². The van der Waals surface area contributed by atoms with Crippen LogP contribution in [-0.4, -0.2) is 38.4 Å². The number of amides is 2. The lowest BCUT2D eigenvalue weighted by atomic mass is 10.2. The number of hydrogen-bond acceptors (Lipinski definition) is 6. The van der Waals surface area contributed by atoms with E-state index in [9.17, 15) is 9.59 Å². The predicted molar refractivity (Wildman–Crippen MR) is 111 cm³/mol. The minimum absolute atomic E-state index is 0.0345. The lowest BCUT2D eigenvalue weighted by Crippen LogP contribution is -2.36. The molecule has 3 rings (SSSR count). The molecule has 2 aromatic heterocycles. The molecule has 1 unspecified atom stereocenters. The van der Waals surface area contributed by atoms with Gasteiger partial charge in [-0.3, -0.25) is 14.2 Å². The van der Waals surface area contributed by atoms with Crippen LogP contribution in [0.15, 0.2) is 58.3 Å². The number of primary amides is 1. The number of aromatic nitrogens is 3. The summed E-state index contributed by atoms with van der Waals surface area (Å²) >= 11 is 1.29. The van der Waals surface area contributed by atoms with E-state index in [1.165, 1.54) is 11.8 Å². The van der Waals surface area contributed by atoms with Gasteiger partial charge in [-0.25, -0.2) is 0 Å². The fourth-order valence-corrected chi connectivity index (χ4v) is 3.83. The molecule has 0 bridgehead atoms. The number of rotatable bonds is 9. The van der Waals surface area contributed by atoms with Gasteiger partial charge in [0.15, 0.2) is 16.7 Å². The Kier molecular flexibility index (Phi) is 6.71. The largest absolute Gasteiger partial charge is 0.461 e. The van der Waals surface area contributed by atoms with Crippen LogP contribution in [0.2, 0.25) is 0 Å². The van der Waals surface area contributed by atoms with Gasteiger partial charge < -0.3 is 15.1 Å². The maximum absolute atomic E-state index is 13.0. The van der Waals surface area contributed by atoms with Crippen molar-refractivity contribution in [2.45, 2.75) is 37.2 Å². The Morgan fingerprint density at radius 1 is 1.21 bits per heavy atom. The summed E-state index contributed by atoms with van der Waals surface area (Å²) in [5.74, 6) is 0.569. The first-order valence-electron chi connectivity index (χ1n) is 9.29. The maximum atomic E-state index is 13.0. The highest BCUT2D eigenvalue weighted by Gasteiger charge is 2.25. The first-order chi connectivity index (χ1) is 14.0. The number of hydrogen-bond donors (Lipinski definition) is 1. The van der Waals surface area contributed by atoms with Crippen LogP contribution < -0.4 is 10.6 Å². The lowest BCUT2D eigenvalue weighted by molar-refractivity contribution is -0.118. The number of nitrogens with two attached hydrogens (primary N) is 1. The van der Waals surface area contributed by atoms with E-state index in [0.717, 1.165) is 5.69 Å². The van der Waals surface area contributed by atoms with Crippen molar-refractivity contribution < 1.29 is 14.0 Å². The second kappa shape index (κ2) is 9.42. The first kappa shape index (κ1) is 20.7. The molecule has 2 amide bonds. The molecule has 0 radical (unpaired) electrons. The van der Waals surface area contributed by atoms with Gasteiger partial charge in [0.25, 0.3) is 0 Å². The van der Waals surface area contributed by atoms with Crippen molar-refractivity contribution in [2.75, 3.05) is 11.4 Å². The summed E-state index contributed by atoms with van der Waals surface area (Å²) in [6, 6.07) is 13.0. The number of anilines is 1. The average Bonchev–Trinajstić information content (AvgIpc) is 3.37. The highest BCUT2D eigenvalue weighted by Crippen LogP contribution is 2.29. The van der Waals surface area contributed by atoms with Gasteiger partial charge in [0.1, 0.15) is 0 Å². The van der Waals surface area contributed by atoms with E-state index in [0.29, 0.717) is 29.8 Å². The van der Waals surface area contributed by atoms with Gasteiger partial charge in [0.05, 0.1) is 11.5 Å².